The first kappa shape index (κ1) is 21.7. The van der Waals surface area contributed by atoms with Crippen molar-refractivity contribution in [3.63, 3.8) is 0 Å². The van der Waals surface area contributed by atoms with Crippen molar-refractivity contribution in [2.75, 3.05) is 44.2 Å². The summed E-state index contributed by atoms with van der Waals surface area (Å²) in [5, 5.41) is 0.614. The summed E-state index contributed by atoms with van der Waals surface area (Å²) < 4.78 is 0. The van der Waals surface area contributed by atoms with Crippen LogP contribution >= 0.6 is 11.6 Å². The molecule has 4 rings (SSSR count). The summed E-state index contributed by atoms with van der Waals surface area (Å²) in [7, 11) is 0. The van der Waals surface area contributed by atoms with E-state index in [0.29, 0.717) is 23.7 Å². The molecule has 164 valence electrons. The molecule has 0 aromatic heterocycles. The Balaban J connectivity index is 1.36. The van der Waals surface area contributed by atoms with Crippen LogP contribution in [0.5, 0.6) is 0 Å². The van der Waals surface area contributed by atoms with Gasteiger partial charge in [0.15, 0.2) is 0 Å². The van der Waals surface area contributed by atoms with E-state index in [1.165, 1.54) is 16.8 Å². The first-order valence-electron chi connectivity index (χ1n) is 11.1. The summed E-state index contributed by atoms with van der Waals surface area (Å²) in [4.78, 5) is 32.3. The van der Waals surface area contributed by atoms with Crippen molar-refractivity contribution in [2.24, 2.45) is 5.92 Å². The fraction of sp³-hybridized carbons (Fsp3) is 0.440. The van der Waals surface area contributed by atoms with Gasteiger partial charge in [-0.25, -0.2) is 0 Å². The van der Waals surface area contributed by atoms with Crippen molar-refractivity contribution in [1.29, 1.82) is 0 Å². The zero-order valence-corrected chi connectivity index (χ0v) is 19.1. The fourth-order valence-corrected chi connectivity index (χ4v) is 4.77. The summed E-state index contributed by atoms with van der Waals surface area (Å²) in [6.07, 6.45) is 1.71. The fourth-order valence-electron chi connectivity index (χ4n) is 4.64. The molecule has 2 aromatic carbocycles. The summed E-state index contributed by atoms with van der Waals surface area (Å²) in [5.41, 5.74) is 4.50. The number of carbonyl (C=O) groups is 2. The van der Waals surface area contributed by atoms with E-state index in [1.807, 2.05) is 9.80 Å². The average molecular weight is 440 g/mol. The Morgan fingerprint density at radius 3 is 2.32 bits per heavy atom. The minimum absolute atomic E-state index is 0.0195. The van der Waals surface area contributed by atoms with Crippen LogP contribution in [-0.4, -0.2) is 60.9 Å². The monoisotopic (exact) mass is 439 g/mol. The summed E-state index contributed by atoms with van der Waals surface area (Å²) in [6.45, 7) is 8.65. The van der Waals surface area contributed by atoms with Gasteiger partial charge >= 0.3 is 0 Å². The number of carbonyl (C=O) groups excluding carboxylic acids is 2. The van der Waals surface area contributed by atoms with E-state index >= 15 is 0 Å². The third-order valence-electron chi connectivity index (χ3n) is 6.66. The van der Waals surface area contributed by atoms with Crippen molar-refractivity contribution >= 4 is 29.1 Å². The van der Waals surface area contributed by atoms with E-state index in [4.69, 9.17) is 11.6 Å². The standard InChI is InChI=1S/C25H30ClN3O2/c1-18-5-3-7-23(19(18)2)27-13-15-28(16-14-27)25(31)21-6-4-12-29(17-21)24(30)20-8-10-22(26)11-9-20/h3,5,7-11,21H,4,6,12-17H2,1-2H3. The molecule has 0 bridgehead atoms. The molecule has 0 aliphatic carbocycles. The molecule has 2 aromatic rings. The lowest BCUT2D eigenvalue weighted by molar-refractivity contribution is -0.137. The van der Waals surface area contributed by atoms with Gasteiger partial charge in [-0.2, -0.15) is 0 Å². The number of rotatable bonds is 3. The van der Waals surface area contributed by atoms with Crippen molar-refractivity contribution in [2.45, 2.75) is 26.7 Å². The summed E-state index contributed by atoms with van der Waals surface area (Å²) in [5.74, 6) is 0.0559. The maximum atomic E-state index is 13.2. The summed E-state index contributed by atoms with van der Waals surface area (Å²) >= 11 is 5.94. The van der Waals surface area contributed by atoms with Crippen LogP contribution in [0.3, 0.4) is 0 Å². The van der Waals surface area contributed by atoms with Gasteiger partial charge in [-0.3, -0.25) is 9.59 Å². The van der Waals surface area contributed by atoms with E-state index in [-0.39, 0.29) is 17.7 Å². The number of hydrogen-bond acceptors (Lipinski definition) is 3. The van der Waals surface area contributed by atoms with Gasteiger partial charge in [-0.05, 0) is 68.1 Å². The van der Waals surface area contributed by atoms with Crippen molar-refractivity contribution in [3.05, 3.63) is 64.2 Å². The second-order valence-corrected chi connectivity index (χ2v) is 9.07. The van der Waals surface area contributed by atoms with Crippen molar-refractivity contribution in [3.8, 4) is 0 Å². The maximum absolute atomic E-state index is 13.2. The molecule has 1 atom stereocenters. The Kier molecular flexibility index (Phi) is 6.51. The molecule has 0 radical (unpaired) electrons. The lowest BCUT2D eigenvalue weighted by atomic mass is 9.95. The highest BCUT2D eigenvalue weighted by atomic mass is 35.5. The Labute approximate surface area is 189 Å². The zero-order valence-electron chi connectivity index (χ0n) is 18.3. The first-order valence-corrected chi connectivity index (χ1v) is 11.5. The number of nitrogens with zero attached hydrogens (tertiary/aromatic N) is 3. The second kappa shape index (κ2) is 9.31. The second-order valence-electron chi connectivity index (χ2n) is 8.63. The van der Waals surface area contributed by atoms with E-state index in [0.717, 1.165) is 39.0 Å². The highest BCUT2D eigenvalue weighted by Gasteiger charge is 2.33. The van der Waals surface area contributed by atoms with Crippen LogP contribution in [0.25, 0.3) is 0 Å². The van der Waals surface area contributed by atoms with Gasteiger partial charge in [0.1, 0.15) is 0 Å². The quantitative estimate of drug-likeness (QED) is 0.721. The number of benzene rings is 2. The lowest BCUT2D eigenvalue weighted by Gasteiger charge is -2.40. The van der Waals surface area contributed by atoms with Crippen molar-refractivity contribution < 1.29 is 9.59 Å². The number of amides is 2. The Bertz CT molecular complexity index is 952. The van der Waals surface area contributed by atoms with Crippen LogP contribution in [0.1, 0.15) is 34.3 Å². The highest BCUT2D eigenvalue weighted by Crippen LogP contribution is 2.26. The Morgan fingerprint density at radius 2 is 1.61 bits per heavy atom. The molecule has 2 amide bonds. The average Bonchev–Trinajstić information content (AvgIpc) is 2.81. The van der Waals surface area contributed by atoms with Crippen molar-refractivity contribution in [1.82, 2.24) is 9.80 Å². The zero-order chi connectivity index (χ0) is 22.0. The van der Waals surface area contributed by atoms with E-state index in [2.05, 4.69) is 36.9 Å². The Morgan fingerprint density at radius 1 is 0.903 bits per heavy atom. The molecule has 0 saturated carbocycles. The van der Waals surface area contributed by atoms with E-state index < -0.39 is 0 Å². The molecule has 2 aliphatic heterocycles. The molecule has 0 spiro atoms. The number of halogens is 1. The molecule has 31 heavy (non-hydrogen) atoms. The van der Waals surface area contributed by atoms with Gasteiger partial charge < -0.3 is 14.7 Å². The molecular weight excluding hydrogens is 410 g/mol. The molecule has 5 nitrogen and oxygen atoms in total. The van der Waals surface area contributed by atoms with Crippen LogP contribution in [0.4, 0.5) is 5.69 Å². The molecule has 2 aliphatic rings. The predicted octanol–water partition coefficient (Wildman–Crippen LogP) is 4.16. The van der Waals surface area contributed by atoms with E-state index in [9.17, 15) is 9.59 Å². The number of piperazine rings is 1. The molecule has 1 unspecified atom stereocenters. The molecule has 0 N–H and O–H groups in total. The predicted molar refractivity (Wildman–Crippen MR) is 125 cm³/mol. The molecule has 2 saturated heterocycles. The van der Waals surface area contributed by atoms with Gasteiger partial charge in [0, 0.05) is 55.5 Å². The number of anilines is 1. The SMILES string of the molecule is Cc1cccc(N2CCN(C(=O)C3CCCN(C(=O)c4ccc(Cl)cc4)C3)CC2)c1C. The van der Waals surface area contributed by atoms with Gasteiger partial charge in [0.05, 0.1) is 5.92 Å². The number of likely N-dealkylation sites (tertiary alicyclic amines) is 1. The van der Waals surface area contributed by atoms with Crippen LogP contribution in [0, 0.1) is 19.8 Å². The smallest absolute Gasteiger partial charge is 0.253 e. The third-order valence-corrected chi connectivity index (χ3v) is 6.91. The minimum Gasteiger partial charge on any atom is -0.368 e. The van der Waals surface area contributed by atoms with Crippen LogP contribution in [-0.2, 0) is 4.79 Å². The van der Waals surface area contributed by atoms with Gasteiger partial charge in [0.25, 0.3) is 5.91 Å². The van der Waals surface area contributed by atoms with Gasteiger partial charge in [-0.1, -0.05) is 23.7 Å². The topological polar surface area (TPSA) is 43.9 Å². The molecular formula is C25H30ClN3O2. The van der Waals surface area contributed by atoms with Crippen LogP contribution in [0.15, 0.2) is 42.5 Å². The number of piperidine rings is 1. The molecule has 2 fully saturated rings. The minimum atomic E-state index is -0.114. The molecule has 2 heterocycles. The van der Waals surface area contributed by atoms with Gasteiger partial charge in [-0.15, -0.1) is 0 Å². The molecule has 6 heteroatoms. The normalized spacial score (nSPS) is 19.5. The Hall–Kier alpha value is -2.53. The number of hydrogen-bond donors (Lipinski definition) is 0. The van der Waals surface area contributed by atoms with Crippen LogP contribution in [0.2, 0.25) is 5.02 Å². The number of aryl methyl sites for hydroxylation is 1. The lowest BCUT2D eigenvalue weighted by Crippen LogP contribution is -2.53. The largest absolute Gasteiger partial charge is 0.368 e. The third kappa shape index (κ3) is 4.72. The van der Waals surface area contributed by atoms with Crippen LogP contribution < -0.4 is 4.90 Å². The summed E-state index contributed by atoms with van der Waals surface area (Å²) in [6, 6.07) is 13.4. The highest BCUT2D eigenvalue weighted by molar-refractivity contribution is 6.30. The first-order chi connectivity index (χ1) is 14.9. The van der Waals surface area contributed by atoms with Gasteiger partial charge in [0.2, 0.25) is 5.91 Å². The van der Waals surface area contributed by atoms with E-state index in [1.54, 1.807) is 24.3 Å². The maximum Gasteiger partial charge on any atom is 0.253 e.